The van der Waals surface area contributed by atoms with Gasteiger partial charge in [0.25, 0.3) is 0 Å². The number of amides is 1. The van der Waals surface area contributed by atoms with Crippen LogP contribution >= 0.6 is 15.9 Å². The molecule has 2 aromatic heterocycles. The molecule has 9 nitrogen and oxygen atoms in total. The molecule has 0 unspecified atom stereocenters. The van der Waals surface area contributed by atoms with Gasteiger partial charge in [-0.3, -0.25) is 9.48 Å². The van der Waals surface area contributed by atoms with Crippen LogP contribution in [0.2, 0.25) is 0 Å². The van der Waals surface area contributed by atoms with Crippen molar-refractivity contribution in [3.63, 3.8) is 0 Å². The van der Waals surface area contributed by atoms with Crippen molar-refractivity contribution in [2.45, 2.75) is 20.0 Å². The molecular formula is C20H17BrN6O3. The Balaban J connectivity index is 1.45. The van der Waals surface area contributed by atoms with Gasteiger partial charge in [-0.1, -0.05) is 42.5 Å². The molecule has 0 bridgehead atoms. The summed E-state index contributed by atoms with van der Waals surface area (Å²) < 4.78 is 3.29. The lowest BCUT2D eigenvalue weighted by molar-refractivity contribution is -0.390. The predicted molar refractivity (Wildman–Crippen MR) is 115 cm³/mol. The fourth-order valence-electron chi connectivity index (χ4n) is 3.22. The lowest BCUT2D eigenvalue weighted by atomic mass is 10.0. The third-order valence-corrected chi connectivity index (χ3v) is 5.63. The fourth-order valence-corrected chi connectivity index (χ4v) is 3.65. The Morgan fingerprint density at radius 2 is 1.93 bits per heavy atom. The van der Waals surface area contributed by atoms with E-state index >= 15 is 0 Å². The summed E-state index contributed by atoms with van der Waals surface area (Å²) in [6.07, 6.45) is 1.79. The number of nitrogens with zero attached hydrogens (tertiary/aromatic N) is 5. The number of anilines is 1. The minimum atomic E-state index is -0.597. The quantitative estimate of drug-likeness (QED) is 0.341. The summed E-state index contributed by atoms with van der Waals surface area (Å²) in [6.45, 7) is 2.05. The number of carbonyl (C=O) groups excluding carboxylic acids is 1. The molecule has 2 heterocycles. The van der Waals surface area contributed by atoms with Crippen molar-refractivity contribution in [3.8, 4) is 0 Å². The smallest absolute Gasteiger partial charge is 0.358 e. The third-order valence-electron chi connectivity index (χ3n) is 4.70. The summed E-state index contributed by atoms with van der Waals surface area (Å²) in [5.41, 5.74) is 1.62. The predicted octanol–water partition coefficient (Wildman–Crippen LogP) is 3.90. The number of fused-ring (bicyclic) bond motifs is 1. The van der Waals surface area contributed by atoms with E-state index < -0.39 is 4.92 Å². The lowest BCUT2D eigenvalue weighted by Crippen LogP contribution is -2.20. The zero-order valence-corrected chi connectivity index (χ0v) is 17.5. The first-order valence-electron chi connectivity index (χ1n) is 9.09. The van der Waals surface area contributed by atoms with Gasteiger partial charge in [-0.05, 0) is 44.1 Å². The zero-order chi connectivity index (χ0) is 21.3. The van der Waals surface area contributed by atoms with Crippen molar-refractivity contribution in [2.75, 3.05) is 5.32 Å². The molecule has 1 amide bonds. The molecule has 152 valence electrons. The first kappa shape index (κ1) is 19.8. The average molecular weight is 469 g/mol. The highest BCUT2D eigenvalue weighted by molar-refractivity contribution is 9.10. The Morgan fingerprint density at radius 3 is 2.70 bits per heavy atom. The van der Waals surface area contributed by atoms with E-state index in [1.54, 1.807) is 23.9 Å². The number of carbonyl (C=O) groups is 1. The monoisotopic (exact) mass is 468 g/mol. The second kappa shape index (κ2) is 8.07. The number of hydrogen-bond acceptors (Lipinski definition) is 5. The molecule has 0 radical (unpaired) electrons. The van der Waals surface area contributed by atoms with Gasteiger partial charge >= 0.3 is 5.82 Å². The van der Waals surface area contributed by atoms with Crippen LogP contribution in [-0.2, 0) is 17.9 Å². The van der Waals surface area contributed by atoms with Gasteiger partial charge in [0.15, 0.2) is 5.82 Å². The van der Waals surface area contributed by atoms with Gasteiger partial charge in [-0.2, -0.15) is 9.78 Å². The molecule has 0 aliphatic carbocycles. The van der Waals surface area contributed by atoms with E-state index in [0.29, 0.717) is 18.1 Å². The molecule has 0 aliphatic rings. The minimum Gasteiger partial charge on any atom is -0.358 e. The Bertz CT molecular complexity index is 1260. The molecule has 0 saturated carbocycles. The van der Waals surface area contributed by atoms with E-state index in [0.717, 1.165) is 16.3 Å². The summed E-state index contributed by atoms with van der Waals surface area (Å²) in [7, 11) is 0. The summed E-state index contributed by atoms with van der Waals surface area (Å²) >= 11 is 3.14. The number of halogens is 1. The van der Waals surface area contributed by atoms with Crippen molar-refractivity contribution in [1.29, 1.82) is 0 Å². The molecule has 4 aromatic rings. The summed E-state index contributed by atoms with van der Waals surface area (Å²) in [5.74, 6) is -0.295. The van der Waals surface area contributed by atoms with Gasteiger partial charge in [-0.25, -0.2) is 0 Å². The molecule has 1 N–H and O–H groups in total. The third kappa shape index (κ3) is 3.94. The molecule has 0 aliphatic heterocycles. The second-order valence-corrected chi connectivity index (χ2v) is 7.52. The SMILES string of the molecule is Cc1c(Br)c([N+](=O)[O-])nn1CC(=O)Nc1ccn(Cc2cccc3ccccc23)n1. The Kier molecular flexibility index (Phi) is 5.32. The van der Waals surface area contributed by atoms with Gasteiger partial charge in [0.1, 0.15) is 11.0 Å². The summed E-state index contributed by atoms with van der Waals surface area (Å²) in [4.78, 5) is 22.7. The van der Waals surface area contributed by atoms with E-state index in [9.17, 15) is 14.9 Å². The summed E-state index contributed by atoms with van der Waals surface area (Å²) in [6, 6.07) is 16.0. The van der Waals surface area contributed by atoms with E-state index in [1.165, 1.54) is 4.68 Å². The number of aromatic nitrogens is 4. The average Bonchev–Trinajstić information content (AvgIpc) is 3.27. The summed E-state index contributed by atoms with van der Waals surface area (Å²) in [5, 5.41) is 24.3. The number of rotatable bonds is 6. The van der Waals surface area contributed by atoms with Crippen molar-refractivity contribution >= 4 is 44.2 Å². The topological polar surface area (TPSA) is 108 Å². The van der Waals surface area contributed by atoms with Crippen molar-refractivity contribution < 1.29 is 9.72 Å². The highest BCUT2D eigenvalue weighted by Crippen LogP contribution is 2.27. The van der Waals surface area contributed by atoms with Crippen molar-refractivity contribution in [3.05, 3.63) is 80.6 Å². The Labute approximate surface area is 179 Å². The maximum absolute atomic E-state index is 12.4. The number of hydrogen-bond donors (Lipinski definition) is 1. The van der Waals surface area contributed by atoms with Gasteiger partial charge < -0.3 is 15.4 Å². The zero-order valence-electron chi connectivity index (χ0n) is 15.9. The maximum atomic E-state index is 12.4. The molecule has 0 saturated heterocycles. The van der Waals surface area contributed by atoms with Crippen LogP contribution in [0.5, 0.6) is 0 Å². The van der Waals surface area contributed by atoms with Crippen LogP contribution in [-0.4, -0.2) is 30.4 Å². The molecule has 0 fully saturated rings. The second-order valence-electron chi connectivity index (χ2n) is 6.72. The highest BCUT2D eigenvalue weighted by Gasteiger charge is 2.24. The number of nitro groups is 1. The van der Waals surface area contributed by atoms with Crippen molar-refractivity contribution in [2.24, 2.45) is 0 Å². The van der Waals surface area contributed by atoms with Crippen LogP contribution in [0.4, 0.5) is 11.6 Å². The first-order valence-corrected chi connectivity index (χ1v) is 9.89. The standard InChI is InChI=1S/C20H17BrN6O3/c1-13-19(21)20(27(29)30)24-26(13)12-18(28)22-17-9-10-25(23-17)11-15-7-4-6-14-5-2-3-8-16(14)15/h2-10H,11-12H2,1H3,(H,22,23,28). The van der Waals surface area contributed by atoms with Crippen LogP contribution in [0.1, 0.15) is 11.3 Å². The van der Waals surface area contributed by atoms with Crippen LogP contribution in [0.25, 0.3) is 10.8 Å². The molecule has 30 heavy (non-hydrogen) atoms. The van der Waals surface area contributed by atoms with E-state index in [2.05, 4.69) is 49.6 Å². The molecular weight excluding hydrogens is 452 g/mol. The minimum absolute atomic E-state index is 0.158. The largest absolute Gasteiger partial charge is 0.404 e. The first-order chi connectivity index (χ1) is 14.4. The van der Waals surface area contributed by atoms with Gasteiger partial charge in [-0.15, -0.1) is 0 Å². The normalized spacial score (nSPS) is 11.0. The van der Waals surface area contributed by atoms with Crippen LogP contribution in [0, 0.1) is 17.0 Å². The van der Waals surface area contributed by atoms with Crippen LogP contribution in [0.3, 0.4) is 0 Å². The van der Waals surface area contributed by atoms with Crippen LogP contribution < -0.4 is 5.32 Å². The van der Waals surface area contributed by atoms with Crippen LogP contribution in [0.15, 0.2) is 59.2 Å². The highest BCUT2D eigenvalue weighted by atomic mass is 79.9. The number of benzene rings is 2. The molecule has 2 aromatic carbocycles. The molecule has 0 atom stereocenters. The number of nitrogens with one attached hydrogen (secondary N) is 1. The van der Waals surface area contributed by atoms with Crippen molar-refractivity contribution in [1.82, 2.24) is 19.6 Å². The maximum Gasteiger partial charge on any atom is 0.404 e. The molecule has 0 spiro atoms. The van der Waals surface area contributed by atoms with Gasteiger partial charge in [0.2, 0.25) is 5.91 Å². The molecule has 10 heteroatoms. The Morgan fingerprint density at radius 1 is 1.17 bits per heavy atom. The van der Waals surface area contributed by atoms with E-state index in [4.69, 9.17) is 0 Å². The van der Waals surface area contributed by atoms with E-state index in [-0.39, 0.29) is 22.7 Å². The van der Waals surface area contributed by atoms with Gasteiger partial charge in [0, 0.05) is 12.3 Å². The fraction of sp³-hybridized carbons (Fsp3) is 0.150. The Hall–Kier alpha value is -3.53. The molecule has 4 rings (SSSR count). The van der Waals surface area contributed by atoms with Gasteiger partial charge in [0.05, 0.1) is 17.3 Å². The van der Waals surface area contributed by atoms with E-state index in [1.807, 2.05) is 24.3 Å². The lowest BCUT2D eigenvalue weighted by Gasteiger charge is -2.07.